The molecule has 106 valence electrons. The van der Waals surface area contributed by atoms with Gasteiger partial charge in [-0.15, -0.1) is 0 Å². The molecule has 18 heavy (non-hydrogen) atoms. The highest BCUT2D eigenvalue weighted by atomic mass is 16.5. The first kappa shape index (κ1) is 15.4. The molecule has 2 N–H and O–H groups in total. The standard InChI is InChI=1S/C14H28N2O2/c1-5-8-14(3,15)13(17)16(9-10-18-4)11(2)12-6-7-12/h11-12H,5-10,15H2,1-4H3. The smallest absolute Gasteiger partial charge is 0.242 e. The van der Waals surface area contributed by atoms with Crippen molar-refractivity contribution < 1.29 is 9.53 Å². The Morgan fingerprint density at radius 1 is 1.56 bits per heavy atom. The molecule has 2 atom stereocenters. The fourth-order valence-corrected chi connectivity index (χ4v) is 2.47. The molecule has 0 bridgehead atoms. The van der Waals surface area contributed by atoms with Gasteiger partial charge in [-0.25, -0.2) is 0 Å². The molecule has 0 radical (unpaired) electrons. The van der Waals surface area contributed by atoms with Crippen LogP contribution in [0.3, 0.4) is 0 Å². The van der Waals surface area contributed by atoms with E-state index < -0.39 is 5.54 Å². The van der Waals surface area contributed by atoms with Crippen molar-refractivity contribution in [2.45, 2.75) is 58.0 Å². The van der Waals surface area contributed by atoms with Crippen molar-refractivity contribution in [3.63, 3.8) is 0 Å². The van der Waals surface area contributed by atoms with Gasteiger partial charge in [-0.2, -0.15) is 0 Å². The van der Waals surface area contributed by atoms with E-state index in [4.69, 9.17) is 10.5 Å². The lowest BCUT2D eigenvalue weighted by Crippen LogP contribution is -2.56. The van der Waals surface area contributed by atoms with Gasteiger partial charge in [0.1, 0.15) is 0 Å². The Labute approximate surface area is 111 Å². The molecule has 1 aliphatic carbocycles. The van der Waals surface area contributed by atoms with Gasteiger partial charge in [0, 0.05) is 19.7 Å². The fraction of sp³-hybridized carbons (Fsp3) is 0.929. The van der Waals surface area contributed by atoms with Gasteiger partial charge in [-0.05, 0) is 39.0 Å². The molecule has 1 rings (SSSR count). The van der Waals surface area contributed by atoms with Crippen LogP contribution in [0.25, 0.3) is 0 Å². The maximum absolute atomic E-state index is 12.6. The first-order valence-electron chi connectivity index (χ1n) is 7.03. The number of hydrogen-bond acceptors (Lipinski definition) is 3. The second-order valence-electron chi connectivity index (χ2n) is 5.74. The van der Waals surface area contributed by atoms with Crippen LogP contribution in [0.1, 0.15) is 46.5 Å². The van der Waals surface area contributed by atoms with Gasteiger partial charge in [-0.1, -0.05) is 13.3 Å². The minimum absolute atomic E-state index is 0.0702. The molecule has 0 aliphatic heterocycles. The Morgan fingerprint density at radius 2 is 2.17 bits per heavy atom. The van der Waals surface area contributed by atoms with Crippen LogP contribution in [0.15, 0.2) is 0 Å². The normalized spacial score (nSPS) is 20.3. The average Bonchev–Trinajstić information content (AvgIpc) is 3.12. The molecule has 0 aromatic carbocycles. The van der Waals surface area contributed by atoms with Gasteiger partial charge < -0.3 is 15.4 Å². The molecule has 1 aliphatic rings. The van der Waals surface area contributed by atoms with Crippen LogP contribution in [0, 0.1) is 5.92 Å². The highest BCUT2D eigenvalue weighted by molar-refractivity contribution is 5.86. The summed E-state index contributed by atoms with van der Waals surface area (Å²) in [6.07, 6.45) is 4.11. The van der Waals surface area contributed by atoms with Crippen LogP contribution in [0.4, 0.5) is 0 Å². The number of carbonyl (C=O) groups excluding carboxylic acids is 1. The molecule has 1 amide bonds. The zero-order valence-electron chi connectivity index (χ0n) is 12.2. The first-order valence-corrected chi connectivity index (χ1v) is 7.03. The summed E-state index contributed by atoms with van der Waals surface area (Å²) in [5, 5.41) is 0. The van der Waals surface area contributed by atoms with Crippen molar-refractivity contribution in [1.29, 1.82) is 0 Å². The van der Waals surface area contributed by atoms with E-state index in [9.17, 15) is 4.79 Å². The monoisotopic (exact) mass is 256 g/mol. The molecule has 4 nitrogen and oxygen atoms in total. The molecule has 1 fully saturated rings. The van der Waals surface area contributed by atoms with E-state index >= 15 is 0 Å². The quantitative estimate of drug-likeness (QED) is 0.720. The van der Waals surface area contributed by atoms with E-state index in [1.54, 1.807) is 7.11 Å². The maximum atomic E-state index is 12.6. The number of hydrogen-bond donors (Lipinski definition) is 1. The number of amides is 1. The zero-order valence-corrected chi connectivity index (χ0v) is 12.2. The lowest BCUT2D eigenvalue weighted by atomic mass is 9.94. The van der Waals surface area contributed by atoms with E-state index in [-0.39, 0.29) is 11.9 Å². The van der Waals surface area contributed by atoms with Gasteiger partial charge in [0.15, 0.2) is 0 Å². The molecule has 0 saturated heterocycles. The molecule has 0 aromatic heterocycles. The predicted octanol–water partition coefficient (Wildman–Crippen LogP) is 1.78. The number of nitrogens with zero attached hydrogens (tertiary/aromatic N) is 1. The summed E-state index contributed by atoms with van der Waals surface area (Å²) in [6, 6.07) is 0.285. The Hall–Kier alpha value is -0.610. The molecule has 4 heteroatoms. The Kier molecular flexibility index (Phi) is 5.60. The van der Waals surface area contributed by atoms with Gasteiger partial charge >= 0.3 is 0 Å². The van der Waals surface area contributed by atoms with Crippen molar-refractivity contribution in [3.8, 4) is 0 Å². The third kappa shape index (κ3) is 3.95. The van der Waals surface area contributed by atoms with Crippen molar-refractivity contribution in [1.82, 2.24) is 4.90 Å². The van der Waals surface area contributed by atoms with Crippen molar-refractivity contribution in [2.75, 3.05) is 20.3 Å². The highest BCUT2D eigenvalue weighted by Crippen LogP contribution is 2.35. The first-order chi connectivity index (χ1) is 8.44. The third-order valence-electron chi connectivity index (χ3n) is 3.85. The SMILES string of the molecule is CCCC(C)(N)C(=O)N(CCOC)C(C)C1CC1. The Morgan fingerprint density at radius 3 is 2.61 bits per heavy atom. The van der Waals surface area contributed by atoms with Crippen molar-refractivity contribution in [3.05, 3.63) is 0 Å². The molecule has 0 aromatic rings. The summed E-state index contributed by atoms with van der Waals surface area (Å²) in [4.78, 5) is 14.5. The van der Waals surface area contributed by atoms with Crippen LogP contribution < -0.4 is 5.73 Å². The van der Waals surface area contributed by atoms with Gasteiger partial charge in [0.2, 0.25) is 5.91 Å². The minimum Gasteiger partial charge on any atom is -0.383 e. The zero-order chi connectivity index (χ0) is 13.8. The summed E-state index contributed by atoms with van der Waals surface area (Å²) in [5.74, 6) is 0.726. The van der Waals surface area contributed by atoms with Crippen molar-refractivity contribution >= 4 is 5.91 Å². The van der Waals surface area contributed by atoms with Gasteiger partial charge in [0.25, 0.3) is 0 Å². The topological polar surface area (TPSA) is 55.6 Å². The number of nitrogens with two attached hydrogens (primary N) is 1. The Balaban J connectivity index is 2.70. The van der Waals surface area contributed by atoms with Crippen LogP contribution in [-0.4, -0.2) is 42.6 Å². The minimum atomic E-state index is -0.744. The van der Waals surface area contributed by atoms with Gasteiger partial charge in [0.05, 0.1) is 12.1 Å². The van der Waals surface area contributed by atoms with E-state index in [1.165, 1.54) is 12.8 Å². The molecular formula is C14H28N2O2. The van der Waals surface area contributed by atoms with E-state index in [0.717, 1.165) is 12.8 Å². The van der Waals surface area contributed by atoms with E-state index in [0.29, 0.717) is 19.1 Å². The molecule has 0 spiro atoms. The van der Waals surface area contributed by atoms with Crippen LogP contribution >= 0.6 is 0 Å². The number of ether oxygens (including phenoxy) is 1. The summed E-state index contributed by atoms with van der Waals surface area (Å²) in [5.41, 5.74) is 5.43. The molecule has 2 unspecified atom stereocenters. The van der Waals surface area contributed by atoms with Gasteiger partial charge in [-0.3, -0.25) is 4.79 Å². The number of methoxy groups -OCH3 is 1. The van der Waals surface area contributed by atoms with E-state index in [2.05, 4.69) is 13.8 Å². The molecular weight excluding hydrogens is 228 g/mol. The van der Waals surface area contributed by atoms with Crippen LogP contribution in [0.2, 0.25) is 0 Å². The van der Waals surface area contributed by atoms with Crippen LogP contribution in [-0.2, 0) is 9.53 Å². The summed E-state index contributed by atoms with van der Waals surface area (Å²) >= 11 is 0. The molecule has 1 saturated carbocycles. The molecule has 0 heterocycles. The second kappa shape index (κ2) is 6.53. The van der Waals surface area contributed by atoms with Crippen molar-refractivity contribution in [2.24, 2.45) is 11.7 Å². The largest absolute Gasteiger partial charge is 0.383 e. The second-order valence-corrected chi connectivity index (χ2v) is 5.74. The summed E-state index contributed by atoms with van der Waals surface area (Å²) in [6.45, 7) is 7.25. The summed E-state index contributed by atoms with van der Waals surface area (Å²) < 4.78 is 5.11. The van der Waals surface area contributed by atoms with Crippen LogP contribution in [0.5, 0.6) is 0 Å². The summed E-state index contributed by atoms with van der Waals surface area (Å²) in [7, 11) is 1.66. The fourth-order valence-electron chi connectivity index (χ4n) is 2.47. The van der Waals surface area contributed by atoms with E-state index in [1.807, 2.05) is 11.8 Å². The Bertz CT molecular complexity index is 275. The lowest BCUT2D eigenvalue weighted by molar-refractivity contribution is -0.140. The predicted molar refractivity (Wildman–Crippen MR) is 73.3 cm³/mol. The average molecular weight is 256 g/mol. The maximum Gasteiger partial charge on any atom is 0.242 e. The lowest BCUT2D eigenvalue weighted by Gasteiger charge is -2.36. The number of rotatable bonds is 8. The number of carbonyl (C=O) groups is 1. The third-order valence-corrected chi connectivity index (χ3v) is 3.85. The highest BCUT2D eigenvalue weighted by Gasteiger charge is 2.39.